The number of ether oxygens (including phenoxy) is 1. The lowest BCUT2D eigenvalue weighted by Crippen LogP contribution is -2.21. The molecular weight excluding hydrogens is 272 g/mol. The fraction of sp³-hybridized carbons (Fsp3) is 0.333. The SMILES string of the molecule is CCOC(=O)c1ccc2c(=O)n3c(nc2c1)C(C=O)CC3. The van der Waals surface area contributed by atoms with Gasteiger partial charge in [-0.05, 0) is 31.5 Å². The van der Waals surface area contributed by atoms with Crippen molar-refractivity contribution in [2.24, 2.45) is 0 Å². The largest absolute Gasteiger partial charge is 0.462 e. The highest BCUT2D eigenvalue weighted by Crippen LogP contribution is 2.24. The summed E-state index contributed by atoms with van der Waals surface area (Å²) in [7, 11) is 0. The lowest BCUT2D eigenvalue weighted by atomic mass is 10.1. The van der Waals surface area contributed by atoms with Crippen LogP contribution in [0.3, 0.4) is 0 Å². The molecule has 1 aromatic carbocycles. The number of hydrogen-bond acceptors (Lipinski definition) is 5. The summed E-state index contributed by atoms with van der Waals surface area (Å²) in [4.78, 5) is 39.6. The number of esters is 1. The minimum Gasteiger partial charge on any atom is -0.462 e. The second-order valence-electron chi connectivity index (χ2n) is 4.91. The summed E-state index contributed by atoms with van der Waals surface area (Å²) in [5.74, 6) is -0.328. The lowest BCUT2D eigenvalue weighted by Gasteiger charge is -2.08. The topological polar surface area (TPSA) is 78.3 Å². The van der Waals surface area contributed by atoms with Crippen LogP contribution in [0.2, 0.25) is 0 Å². The Hall–Kier alpha value is -2.50. The smallest absolute Gasteiger partial charge is 0.338 e. The third-order valence-corrected chi connectivity index (χ3v) is 3.66. The highest BCUT2D eigenvalue weighted by Gasteiger charge is 2.26. The predicted octanol–water partition coefficient (Wildman–Crippen LogP) is 1.26. The standard InChI is InChI=1S/C15H14N2O4/c1-2-21-15(20)9-3-4-11-12(7-9)16-13-10(8-18)5-6-17(13)14(11)19/h3-4,7-8,10H,2,5-6H2,1H3. The predicted molar refractivity (Wildman–Crippen MR) is 75.4 cm³/mol. The van der Waals surface area contributed by atoms with E-state index in [9.17, 15) is 14.4 Å². The van der Waals surface area contributed by atoms with Crippen molar-refractivity contribution in [3.8, 4) is 0 Å². The molecule has 108 valence electrons. The maximum Gasteiger partial charge on any atom is 0.338 e. The zero-order chi connectivity index (χ0) is 15.0. The molecule has 0 fully saturated rings. The molecule has 0 aliphatic carbocycles. The number of hydrogen-bond donors (Lipinski definition) is 0. The van der Waals surface area contributed by atoms with Gasteiger partial charge in [0.15, 0.2) is 0 Å². The molecule has 1 unspecified atom stereocenters. The Balaban J connectivity index is 2.18. The number of nitrogens with zero attached hydrogens (tertiary/aromatic N) is 2. The Bertz CT molecular complexity index is 794. The number of carbonyl (C=O) groups is 2. The summed E-state index contributed by atoms with van der Waals surface area (Å²) in [5.41, 5.74) is 0.599. The average molecular weight is 286 g/mol. The summed E-state index contributed by atoms with van der Waals surface area (Å²) < 4.78 is 6.47. The molecule has 0 saturated carbocycles. The van der Waals surface area contributed by atoms with Crippen LogP contribution in [0, 0.1) is 0 Å². The molecular formula is C15H14N2O4. The summed E-state index contributed by atoms with van der Waals surface area (Å²) in [5, 5.41) is 0.443. The Morgan fingerprint density at radius 1 is 1.52 bits per heavy atom. The molecule has 0 spiro atoms. The van der Waals surface area contributed by atoms with Crippen molar-refractivity contribution in [3.05, 3.63) is 39.9 Å². The number of rotatable bonds is 3. The molecule has 2 aromatic rings. The summed E-state index contributed by atoms with van der Waals surface area (Å²) in [6, 6.07) is 4.68. The van der Waals surface area contributed by atoms with Crippen molar-refractivity contribution in [2.75, 3.05) is 6.61 Å². The van der Waals surface area contributed by atoms with Crippen LogP contribution in [-0.2, 0) is 16.1 Å². The monoisotopic (exact) mass is 286 g/mol. The van der Waals surface area contributed by atoms with Gasteiger partial charge in [-0.1, -0.05) is 0 Å². The van der Waals surface area contributed by atoms with Gasteiger partial charge in [-0.25, -0.2) is 9.78 Å². The number of carbonyl (C=O) groups excluding carboxylic acids is 2. The van der Waals surface area contributed by atoms with E-state index < -0.39 is 5.97 Å². The molecule has 6 nitrogen and oxygen atoms in total. The Kier molecular flexibility index (Phi) is 3.29. The molecule has 1 aliphatic rings. The Labute approximate surface area is 120 Å². The third kappa shape index (κ3) is 2.12. The fourth-order valence-corrected chi connectivity index (χ4v) is 2.60. The van der Waals surface area contributed by atoms with Gasteiger partial charge in [0.2, 0.25) is 0 Å². The van der Waals surface area contributed by atoms with Gasteiger partial charge in [0.05, 0.1) is 29.0 Å². The van der Waals surface area contributed by atoms with E-state index in [2.05, 4.69) is 4.98 Å². The van der Waals surface area contributed by atoms with Crippen LogP contribution in [-0.4, -0.2) is 28.4 Å². The molecule has 21 heavy (non-hydrogen) atoms. The maximum absolute atomic E-state index is 12.4. The average Bonchev–Trinajstić information content (AvgIpc) is 2.90. The van der Waals surface area contributed by atoms with E-state index in [-0.39, 0.29) is 18.1 Å². The quantitative estimate of drug-likeness (QED) is 0.627. The normalized spacial score (nSPS) is 16.7. The van der Waals surface area contributed by atoms with E-state index >= 15 is 0 Å². The fourth-order valence-electron chi connectivity index (χ4n) is 2.60. The summed E-state index contributed by atoms with van der Waals surface area (Å²) in [6.07, 6.45) is 1.40. The molecule has 0 saturated heterocycles. The first-order chi connectivity index (χ1) is 10.2. The van der Waals surface area contributed by atoms with Gasteiger partial charge in [-0.3, -0.25) is 9.36 Å². The van der Waals surface area contributed by atoms with Crippen LogP contribution in [0.25, 0.3) is 10.9 Å². The molecule has 1 atom stereocenters. The molecule has 0 bridgehead atoms. The molecule has 1 aliphatic heterocycles. The maximum atomic E-state index is 12.4. The molecule has 0 radical (unpaired) electrons. The van der Waals surface area contributed by atoms with E-state index in [1.807, 2.05) is 0 Å². The number of benzene rings is 1. The first-order valence-corrected chi connectivity index (χ1v) is 6.82. The van der Waals surface area contributed by atoms with E-state index in [1.54, 1.807) is 19.1 Å². The summed E-state index contributed by atoms with van der Waals surface area (Å²) >= 11 is 0. The summed E-state index contributed by atoms with van der Waals surface area (Å²) in [6.45, 7) is 2.51. The second-order valence-corrected chi connectivity index (χ2v) is 4.91. The van der Waals surface area contributed by atoms with E-state index in [0.717, 1.165) is 6.29 Å². The minimum atomic E-state index is -0.450. The van der Waals surface area contributed by atoms with Crippen LogP contribution in [0.15, 0.2) is 23.0 Å². The van der Waals surface area contributed by atoms with Crippen LogP contribution in [0.4, 0.5) is 0 Å². The van der Waals surface area contributed by atoms with E-state index in [1.165, 1.54) is 10.6 Å². The number of aldehydes is 1. The zero-order valence-corrected chi connectivity index (χ0v) is 11.5. The van der Waals surface area contributed by atoms with Crippen molar-refractivity contribution in [2.45, 2.75) is 25.8 Å². The van der Waals surface area contributed by atoms with Crippen LogP contribution in [0.1, 0.15) is 35.4 Å². The van der Waals surface area contributed by atoms with Crippen molar-refractivity contribution in [1.29, 1.82) is 0 Å². The molecule has 2 heterocycles. The molecule has 0 amide bonds. The van der Waals surface area contributed by atoms with Gasteiger partial charge < -0.3 is 9.53 Å². The van der Waals surface area contributed by atoms with E-state index in [4.69, 9.17) is 4.74 Å². The third-order valence-electron chi connectivity index (χ3n) is 3.66. The van der Waals surface area contributed by atoms with Crippen molar-refractivity contribution in [3.63, 3.8) is 0 Å². The highest BCUT2D eigenvalue weighted by molar-refractivity contribution is 5.94. The van der Waals surface area contributed by atoms with Crippen molar-refractivity contribution in [1.82, 2.24) is 9.55 Å². The minimum absolute atomic E-state index is 0.172. The van der Waals surface area contributed by atoms with Gasteiger partial charge in [0, 0.05) is 6.54 Å². The highest BCUT2D eigenvalue weighted by atomic mass is 16.5. The second kappa shape index (κ2) is 5.12. The molecule has 1 aromatic heterocycles. The van der Waals surface area contributed by atoms with Crippen LogP contribution in [0.5, 0.6) is 0 Å². The zero-order valence-electron chi connectivity index (χ0n) is 11.5. The molecule has 0 N–H and O–H groups in total. The van der Waals surface area contributed by atoms with Crippen molar-refractivity contribution < 1.29 is 14.3 Å². The van der Waals surface area contributed by atoms with Gasteiger partial charge >= 0.3 is 5.97 Å². The lowest BCUT2D eigenvalue weighted by molar-refractivity contribution is -0.109. The Morgan fingerprint density at radius 2 is 2.33 bits per heavy atom. The van der Waals surface area contributed by atoms with Crippen molar-refractivity contribution >= 4 is 23.2 Å². The van der Waals surface area contributed by atoms with Gasteiger partial charge in [-0.2, -0.15) is 0 Å². The Morgan fingerprint density at radius 3 is 3.05 bits per heavy atom. The first kappa shape index (κ1) is 13.5. The first-order valence-electron chi connectivity index (χ1n) is 6.82. The van der Waals surface area contributed by atoms with Crippen LogP contribution < -0.4 is 5.56 Å². The molecule has 3 rings (SSSR count). The van der Waals surface area contributed by atoms with Gasteiger partial charge in [0.25, 0.3) is 5.56 Å². The van der Waals surface area contributed by atoms with Gasteiger partial charge in [0.1, 0.15) is 12.1 Å². The van der Waals surface area contributed by atoms with E-state index in [0.29, 0.717) is 35.3 Å². The number of aromatic nitrogens is 2. The van der Waals surface area contributed by atoms with Gasteiger partial charge in [-0.15, -0.1) is 0 Å². The number of fused-ring (bicyclic) bond motifs is 2. The molecule has 6 heteroatoms. The van der Waals surface area contributed by atoms with Crippen LogP contribution >= 0.6 is 0 Å².